The number of ether oxygens (including phenoxy) is 2. The molecule has 1 aliphatic heterocycles. The van der Waals surface area contributed by atoms with Crippen LogP contribution in [0.3, 0.4) is 0 Å². The van der Waals surface area contributed by atoms with Gasteiger partial charge in [0.2, 0.25) is 0 Å². The fourth-order valence-electron chi connectivity index (χ4n) is 3.25. The molecule has 0 spiro atoms. The third-order valence-electron chi connectivity index (χ3n) is 4.66. The van der Waals surface area contributed by atoms with Crippen LogP contribution in [0, 0.1) is 0 Å². The number of methoxy groups -OCH3 is 1. The van der Waals surface area contributed by atoms with Crippen molar-refractivity contribution in [2.45, 2.75) is 28.7 Å². The summed E-state index contributed by atoms with van der Waals surface area (Å²) in [5.74, 6) is 0.644. The molecule has 1 saturated heterocycles. The second-order valence-electron chi connectivity index (χ2n) is 6.50. The average Bonchev–Trinajstić information content (AvgIpc) is 3.35. The molecule has 1 amide bonds. The molecule has 27 heavy (non-hydrogen) atoms. The first-order valence-electron chi connectivity index (χ1n) is 9.07. The molecule has 1 fully saturated rings. The van der Waals surface area contributed by atoms with Crippen LogP contribution in [-0.2, 0) is 4.74 Å². The highest BCUT2D eigenvalue weighted by atomic mass is 32.2. The van der Waals surface area contributed by atoms with E-state index in [9.17, 15) is 4.79 Å². The van der Waals surface area contributed by atoms with Crippen LogP contribution in [0.5, 0.6) is 5.75 Å². The van der Waals surface area contributed by atoms with Crippen molar-refractivity contribution < 1.29 is 14.3 Å². The van der Waals surface area contributed by atoms with Gasteiger partial charge in [0.05, 0.1) is 23.6 Å². The zero-order chi connectivity index (χ0) is 18.6. The number of aromatic nitrogens is 1. The maximum Gasteiger partial charge on any atom is 0.269 e. The summed E-state index contributed by atoms with van der Waals surface area (Å²) in [7, 11) is 1.64. The fraction of sp³-hybridized carbons (Fsp3) is 0.286. The van der Waals surface area contributed by atoms with Gasteiger partial charge in [-0.2, -0.15) is 0 Å². The SMILES string of the molecule is COc1ccc2c(Sc3ccccc3)c(C(=O)NCC3CCCO3)[nH]c2c1. The Bertz CT molecular complexity index is 933. The average molecular weight is 382 g/mol. The first-order valence-corrected chi connectivity index (χ1v) is 9.88. The summed E-state index contributed by atoms with van der Waals surface area (Å²) >= 11 is 1.59. The van der Waals surface area contributed by atoms with Gasteiger partial charge in [0.15, 0.2) is 0 Å². The lowest BCUT2D eigenvalue weighted by Crippen LogP contribution is -2.32. The van der Waals surface area contributed by atoms with E-state index in [-0.39, 0.29) is 12.0 Å². The Morgan fingerprint density at radius 3 is 2.89 bits per heavy atom. The number of carbonyl (C=O) groups excluding carboxylic acids is 1. The summed E-state index contributed by atoms with van der Waals surface area (Å²) in [6.45, 7) is 1.31. The fourth-order valence-corrected chi connectivity index (χ4v) is 4.31. The zero-order valence-corrected chi connectivity index (χ0v) is 16.0. The van der Waals surface area contributed by atoms with Gasteiger partial charge >= 0.3 is 0 Å². The number of H-pyrrole nitrogens is 1. The lowest BCUT2D eigenvalue weighted by atomic mass is 10.2. The maximum atomic E-state index is 12.9. The molecule has 4 rings (SSSR count). The third-order valence-corrected chi connectivity index (χ3v) is 5.80. The summed E-state index contributed by atoms with van der Waals surface area (Å²) in [6.07, 6.45) is 2.17. The lowest BCUT2D eigenvalue weighted by Gasteiger charge is -2.11. The Labute approximate surface area is 162 Å². The van der Waals surface area contributed by atoms with E-state index in [0.29, 0.717) is 12.2 Å². The van der Waals surface area contributed by atoms with Gasteiger partial charge < -0.3 is 19.8 Å². The van der Waals surface area contributed by atoms with Crippen LogP contribution in [0.15, 0.2) is 58.3 Å². The van der Waals surface area contributed by atoms with Gasteiger partial charge in [-0.3, -0.25) is 4.79 Å². The molecule has 0 saturated carbocycles. The Balaban J connectivity index is 1.66. The highest BCUT2D eigenvalue weighted by Gasteiger charge is 2.21. The molecule has 1 aliphatic rings. The van der Waals surface area contributed by atoms with Crippen LogP contribution in [-0.4, -0.2) is 37.3 Å². The van der Waals surface area contributed by atoms with Crippen LogP contribution in [0.2, 0.25) is 0 Å². The van der Waals surface area contributed by atoms with E-state index in [4.69, 9.17) is 9.47 Å². The van der Waals surface area contributed by atoms with E-state index in [0.717, 1.165) is 45.9 Å². The molecule has 3 aromatic rings. The van der Waals surface area contributed by atoms with Gasteiger partial charge in [0.25, 0.3) is 5.91 Å². The number of hydrogen-bond acceptors (Lipinski definition) is 4. The van der Waals surface area contributed by atoms with Gasteiger partial charge in [-0.05, 0) is 37.1 Å². The minimum absolute atomic E-state index is 0.112. The predicted molar refractivity (Wildman–Crippen MR) is 107 cm³/mol. The molecule has 1 aromatic heterocycles. The Morgan fingerprint density at radius 2 is 2.15 bits per heavy atom. The van der Waals surface area contributed by atoms with Crippen LogP contribution < -0.4 is 10.1 Å². The van der Waals surface area contributed by atoms with Crippen molar-refractivity contribution in [2.24, 2.45) is 0 Å². The number of hydrogen-bond donors (Lipinski definition) is 2. The summed E-state index contributed by atoms with van der Waals surface area (Å²) in [5.41, 5.74) is 1.46. The van der Waals surface area contributed by atoms with E-state index < -0.39 is 0 Å². The van der Waals surface area contributed by atoms with E-state index >= 15 is 0 Å². The summed E-state index contributed by atoms with van der Waals surface area (Å²) in [5, 5.41) is 4.02. The molecule has 2 heterocycles. The van der Waals surface area contributed by atoms with Crippen molar-refractivity contribution in [1.29, 1.82) is 0 Å². The maximum absolute atomic E-state index is 12.9. The third kappa shape index (κ3) is 3.96. The molecule has 1 unspecified atom stereocenters. The Kier molecular flexibility index (Phi) is 5.36. The Hall–Kier alpha value is -2.44. The second kappa shape index (κ2) is 8.06. The van der Waals surface area contributed by atoms with Crippen molar-refractivity contribution in [3.63, 3.8) is 0 Å². The predicted octanol–water partition coefficient (Wildman–Crippen LogP) is 4.24. The van der Waals surface area contributed by atoms with Gasteiger partial charge in [0, 0.05) is 29.5 Å². The van der Waals surface area contributed by atoms with Gasteiger partial charge in [-0.1, -0.05) is 30.0 Å². The lowest BCUT2D eigenvalue weighted by molar-refractivity contribution is 0.0852. The van der Waals surface area contributed by atoms with E-state index in [1.54, 1.807) is 18.9 Å². The molecular weight excluding hydrogens is 360 g/mol. The van der Waals surface area contributed by atoms with E-state index in [1.807, 2.05) is 48.5 Å². The highest BCUT2D eigenvalue weighted by molar-refractivity contribution is 7.99. The molecule has 2 aromatic carbocycles. The summed E-state index contributed by atoms with van der Waals surface area (Å²) in [6, 6.07) is 15.9. The summed E-state index contributed by atoms with van der Waals surface area (Å²) < 4.78 is 10.9. The normalized spacial score (nSPS) is 16.6. The molecule has 0 radical (unpaired) electrons. The molecule has 1 atom stereocenters. The molecule has 5 nitrogen and oxygen atoms in total. The van der Waals surface area contributed by atoms with Crippen LogP contribution in [0.4, 0.5) is 0 Å². The quantitative estimate of drug-likeness (QED) is 0.669. The number of aromatic amines is 1. The minimum atomic E-state index is -0.112. The first-order chi connectivity index (χ1) is 13.2. The van der Waals surface area contributed by atoms with Crippen molar-refractivity contribution in [3.05, 3.63) is 54.2 Å². The smallest absolute Gasteiger partial charge is 0.269 e. The van der Waals surface area contributed by atoms with Gasteiger partial charge in [-0.25, -0.2) is 0 Å². The molecule has 0 bridgehead atoms. The van der Waals surface area contributed by atoms with Crippen LogP contribution in [0.1, 0.15) is 23.3 Å². The van der Waals surface area contributed by atoms with Crippen LogP contribution >= 0.6 is 11.8 Å². The Morgan fingerprint density at radius 1 is 1.30 bits per heavy atom. The highest BCUT2D eigenvalue weighted by Crippen LogP contribution is 2.37. The summed E-state index contributed by atoms with van der Waals surface area (Å²) in [4.78, 5) is 18.2. The molecule has 6 heteroatoms. The number of benzene rings is 2. The molecular formula is C21H22N2O3S. The van der Waals surface area contributed by atoms with Crippen molar-refractivity contribution in [3.8, 4) is 5.75 Å². The van der Waals surface area contributed by atoms with Crippen LogP contribution in [0.25, 0.3) is 10.9 Å². The van der Waals surface area contributed by atoms with Crippen molar-refractivity contribution in [2.75, 3.05) is 20.3 Å². The van der Waals surface area contributed by atoms with Crippen molar-refractivity contribution in [1.82, 2.24) is 10.3 Å². The second-order valence-corrected chi connectivity index (χ2v) is 7.58. The van der Waals surface area contributed by atoms with Gasteiger partial charge in [0.1, 0.15) is 11.4 Å². The number of nitrogens with one attached hydrogen (secondary N) is 2. The molecule has 0 aliphatic carbocycles. The minimum Gasteiger partial charge on any atom is -0.497 e. The van der Waals surface area contributed by atoms with Gasteiger partial charge in [-0.15, -0.1) is 0 Å². The van der Waals surface area contributed by atoms with Crippen molar-refractivity contribution >= 4 is 28.6 Å². The number of carbonyl (C=O) groups is 1. The topological polar surface area (TPSA) is 63.4 Å². The zero-order valence-electron chi connectivity index (χ0n) is 15.2. The number of fused-ring (bicyclic) bond motifs is 1. The largest absolute Gasteiger partial charge is 0.497 e. The monoisotopic (exact) mass is 382 g/mol. The standard InChI is InChI=1S/C21H22N2O3S/c1-25-14-9-10-17-18(12-14)23-19(20(17)27-16-7-3-2-4-8-16)21(24)22-13-15-6-5-11-26-15/h2-4,7-10,12,15,23H,5-6,11,13H2,1H3,(H,22,24). The molecule has 140 valence electrons. The number of amides is 1. The first kappa shape index (κ1) is 17.9. The van der Waals surface area contributed by atoms with E-state index in [2.05, 4.69) is 10.3 Å². The number of rotatable bonds is 6. The van der Waals surface area contributed by atoms with E-state index in [1.165, 1.54) is 0 Å². The molecule has 2 N–H and O–H groups in total.